The highest BCUT2D eigenvalue weighted by Gasteiger charge is 2.22. The minimum Gasteiger partial charge on any atom is -0.460 e. The molecule has 5 N–H and O–H groups in total. The second kappa shape index (κ2) is 8.58. The van der Waals surface area contributed by atoms with E-state index in [1.165, 1.54) is 0 Å². The van der Waals surface area contributed by atoms with Crippen molar-refractivity contribution in [2.75, 3.05) is 43.5 Å². The maximum absolute atomic E-state index is 9.98. The van der Waals surface area contributed by atoms with Gasteiger partial charge in [-0.1, -0.05) is 11.6 Å². The Hall–Kier alpha value is -2.98. The Morgan fingerprint density at radius 1 is 1.28 bits per heavy atom. The number of hydrogen-bond acceptors (Lipinski definition) is 10. The van der Waals surface area contributed by atoms with Gasteiger partial charge in [0.25, 0.3) is 0 Å². The Labute approximate surface area is 169 Å². The molecule has 2 aromatic rings. The first-order valence-corrected chi connectivity index (χ1v) is 9.35. The molecular formula is C19H27N7O3. The quantitative estimate of drug-likeness (QED) is 0.272. The van der Waals surface area contributed by atoms with Gasteiger partial charge in [0.1, 0.15) is 12.3 Å². The van der Waals surface area contributed by atoms with Crippen LogP contribution in [0.1, 0.15) is 30.8 Å². The molecule has 0 saturated carbocycles. The third-order valence-electron chi connectivity index (χ3n) is 4.26. The van der Waals surface area contributed by atoms with E-state index in [4.69, 9.17) is 21.1 Å². The van der Waals surface area contributed by atoms with Crippen molar-refractivity contribution in [3.63, 3.8) is 0 Å². The van der Waals surface area contributed by atoms with Crippen LogP contribution in [-0.2, 0) is 4.74 Å². The van der Waals surface area contributed by atoms with Crippen LogP contribution in [0.25, 0.3) is 0 Å². The number of aryl methyl sites for hydroxylation is 1. The zero-order valence-electron chi connectivity index (χ0n) is 16.9. The molecule has 0 unspecified atom stereocenters. The number of ether oxygens (including phenoxy) is 2. The number of rotatable bonds is 6. The summed E-state index contributed by atoms with van der Waals surface area (Å²) in [5.74, 6) is 6.37. The van der Waals surface area contributed by atoms with E-state index in [0.717, 1.165) is 5.56 Å². The zero-order valence-corrected chi connectivity index (χ0v) is 16.9. The van der Waals surface area contributed by atoms with Crippen LogP contribution in [-0.4, -0.2) is 64.3 Å². The lowest BCUT2D eigenvalue weighted by Gasteiger charge is -2.27. The molecule has 10 heteroatoms. The Kier molecular flexibility index (Phi) is 6.14. The predicted molar refractivity (Wildman–Crippen MR) is 110 cm³/mol. The van der Waals surface area contributed by atoms with Crippen molar-refractivity contribution in [2.24, 2.45) is 10.9 Å². The van der Waals surface area contributed by atoms with Gasteiger partial charge in [0.15, 0.2) is 5.82 Å². The highest BCUT2D eigenvalue weighted by Crippen LogP contribution is 2.21. The highest BCUT2D eigenvalue weighted by atomic mass is 16.5. The molecule has 1 aromatic heterocycles. The van der Waals surface area contributed by atoms with E-state index in [1.54, 1.807) is 19.9 Å². The molecule has 0 radical (unpaired) electrons. The smallest absolute Gasteiger partial charge is 0.321 e. The minimum atomic E-state index is -1.04. The van der Waals surface area contributed by atoms with Gasteiger partial charge in [-0.05, 0) is 32.9 Å². The molecule has 0 bridgehead atoms. The maximum atomic E-state index is 9.98. The molecule has 0 aliphatic carbocycles. The predicted octanol–water partition coefficient (Wildman–Crippen LogP) is 0.460. The number of nitrogen functional groups attached to an aromatic ring is 1. The van der Waals surface area contributed by atoms with Gasteiger partial charge < -0.3 is 31.1 Å². The molecule has 1 aliphatic heterocycles. The minimum absolute atomic E-state index is 0.0146. The second-order valence-electron chi connectivity index (χ2n) is 7.51. The first-order valence-electron chi connectivity index (χ1n) is 9.35. The molecule has 1 aromatic carbocycles. The maximum Gasteiger partial charge on any atom is 0.321 e. The number of hydrazone groups is 1. The van der Waals surface area contributed by atoms with Crippen LogP contribution >= 0.6 is 0 Å². The summed E-state index contributed by atoms with van der Waals surface area (Å²) in [6, 6.07) is 5.63. The van der Waals surface area contributed by atoms with E-state index in [-0.39, 0.29) is 18.4 Å². The molecule has 2 heterocycles. The Balaban J connectivity index is 2.04. The van der Waals surface area contributed by atoms with E-state index in [9.17, 15) is 5.11 Å². The van der Waals surface area contributed by atoms with Gasteiger partial charge >= 0.3 is 6.01 Å². The highest BCUT2D eigenvalue weighted by molar-refractivity contribution is 6.13. The fourth-order valence-corrected chi connectivity index (χ4v) is 2.79. The standard InChI is InChI=1S/C19H27N7O3/c1-12-4-5-14(20)13(10-12)15(25-21)16-22-17(26-6-8-28-9-7-26)24-18(23-16)29-11-19(2,3)27/h4-5,10,27H,6-9,11,20-21H2,1-3H3. The molecule has 3 rings (SSSR count). The summed E-state index contributed by atoms with van der Waals surface area (Å²) in [6.07, 6.45) is 0. The summed E-state index contributed by atoms with van der Waals surface area (Å²) >= 11 is 0. The Morgan fingerprint density at radius 2 is 2.00 bits per heavy atom. The summed E-state index contributed by atoms with van der Waals surface area (Å²) in [6.45, 7) is 7.65. The van der Waals surface area contributed by atoms with Gasteiger partial charge in [0, 0.05) is 24.3 Å². The van der Waals surface area contributed by atoms with Crippen molar-refractivity contribution in [1.29, 1.82) is 0 Å². The van der Waals surface area contributed by atoms with E-state index in [2.05, 4.69) is 20.1 Å². The molecule has 1 aliphatic rings. The number of nitrogens with zero attached hydrogens (tertiary/aromatic N) is 5. The summed E-state index contributed by atoms with van der Waals surface area (Å²) in [5.41, 5.74) is 7.55. The molecule has 0 spiro atoms. The fraction of sp³-hybridized carbons (Fsp3) is 0.474. The first-order chi connectivity index (χ1) is 13.8. The van der Waals surface area contributed by atoms with Crippen molar-refractivity contribution in [3.8, 4) is 6.01 Å². The van der Waals surface area contributed by atoms with Crippen LogP contribution in [0.4, 0.5) is 11.6 Å². The van der Waals surface area contributed by atoms with Gasteiger partial charge in [-0.15, -0.1) is 0 Å². The van der Waals surface area contributed by atoms with Crippen molar-refractivity contribution < 1.29 is 14.6 Å². The lowest BCUT2D eigenvalue weighted by molar-refractivity contribution is 0.0249. The number of hydrogen-bond donors (Lipinski definition) is 3. The van der Waals surface area contributed by atoms with Gasteiger partial charge in [-0.3, -0.25) is 0 Å². The zero-order chi connectivity index (χ0) is 21.0. The third-order valence-corrected chi connectivity index (χ3v) is 4.26. The van der Waals surface area contributed by atoms with Gasteiger partial charge in [0.2, 0.25) is 5.95 Å². The molecule has 10 nitrogen and oxygen atoms in total. The van der Waals surface area contributed by atoms with Crippen molar-refractivity contribution in [2.45, 2.75) is 26.4 Å². The lowest BCUT2D eigenvalue weighted by Crippen LogP contribution is -2.38. The first kappa shape index (κ1) is 20.7. The summed E-state index contributed by atoms with van der Waals surface area (Å²) < 4.78 is 11.0. The van der Waals surface area contributed by atoms with E-state index < -0.39 is 5.60 Å². The van der Waals surface area contributed by atoms with Gasteiger partial charge in [-0.2, -0.15) is 20.1 Å². The largest absolute Gasteiger partial charge is 0.460 e. The molecule has 1 saturated heterocycles. The van der Waals surface area contributed by atoms with E-state index in [0.29, 0.717) is 49.2 Å². The summed E-state index contributed by atoms with van der Waals surface area (Å²) in [7, 11) is 0. The van der Waals surface area contributed by atoms with Crippen LogP contribution in [0.2, 0.25) is 0 Å². The summed E-state index contributed by atoms with van der Waals surface area (Å²) in [4.78, 5) is 15.3. The SMILES string of the molecule is Cc1ccc(N)c(C(=NN)c2nc(OCC(C)(C)O)nc(N3CCOCC3)n2)c1. The van der Waals surface area contributed by atoms with E-state index in [1.807, 2.05) is 24.0 Å². The van der Waals surface area contributed by atoms with Crippen molar-refractivity contribution in [3.05, 3.63) is 35.2 Å². The number of anilines is 2. The van der Waals surface area contributed by atoms with E-state index >= 15 is 0 Å². The summed E-state index contributed by atoms with van der Waals surface area (Å²) in [5, 5.41) is 13.9. The number of nitrogens with two attached hydrogens (primary N) is 2. The average molecular weight is 401 g/mol. The second-order valence-corrected chi connectivity index (χ2v) is 7.51. The van der Waals surface area contributed by atoms with Crippen LogP contribution in [0.15, 0.2) is 23.3 Å². The molecule has 1 fully saturated rings. The van der Waals surface area contributed by atoms with Gasteiger partial charge in [-0.25, -0.2) is 0 Å². The molecule has 156 valence electrons. The molecule has 29 heavy (non-hydrogen) atoms. The van der Waals surface area contributed by atoms with Crippen LogP contribution < -0.4 is 21.2 Å². The number of morpholine rings is 1. The Morgan fingerprint density at radius 3 is 2.66 bits per heavy atom. The van der Waals surface area contributed by atoms with Crippen LogP contribution in [0, 0.1) is 6.92 Å². The number of aromatic nitrogens is 3. The van der Waals surface area contributed by atoms with Crippen LogP contribution in [0.3, 0.4) is 0 Å². The number of benzene rings is 1. The lowest BCUT2D eigenvalue weighted by atomic mass is 10.0. The van der Waals surface area contributed by atoms with Gasteiger partial charge in [0.05, 0.1) is 18.8 Å². The molecular weight excluding hydrogens is 374 g/mol. The topological polar surface area (TPSA) is 145 Å². The monoisotopic (exact) mass is 401 g/mol. The molecule has 0 atom stereocenters. The average Bonchev–Trinajstić information content (AvgIpc) is 2.70. The third kappa shape index (κ3) is 5.30. The van der Waals surface area contributed by atoms with Crippen molar-refractivity contribution in [1.82, 2.24) is 15.0 Å². The van der Waals surface area contributed by atoms with Crippen LogP contribution in [0.5, 0.6) is 6.01 Å². The normalized spacial score (nSPS) is 15.4. The van der Waals surface area contributed by atoms with Crippen molar-refractivity contribution >= 4 is 17.3 Å². The Bertz CT molecular complexity index is 890. The number of aliphatic hydroxyl groups is 1. The molecule has 0 amide bonds. The fourth-order valence-electron chi connectivity index (χ4n) is 2.79.